The zero-order valence-corrected chi connectivity index (χ0v) is 17.2. The van der Waals surface area contributed by atoms with E-state index in [2.05, 4.69) is 29.4 Å². The van der Waals surface area contributed by atoms with E-state index >= 15 is 0 Å². The normalized spacial score (nSPS) is 11.8. The van der Waals surface area contributed by atoms with Gasteiger partial charge in [0.15, 0.2) is 0 Å². The maximum Gasteiger partial charge on any atom is 0.251 e. The molecular weight excluding hydrogens is 350 g/mol. The number of hydrogen-bond acceptors (Lipinski definition) is 3. The summed E-state index contributed by atoms with van der Waals surface area (Å²) in [6.07, 6.45) is 0.384. The first kappa shape index (κ1) is 21.5. The first-order valence-corrected chi connectivity index (χ1v) is 9.94. The van der Waals surface area contributed by atoms with Gasteiger partial charge in [-0.2, -0.15) is 0 Å². The van der Waals surface area contributed by atoms with Crippen molar-refractivity contribution >= 4 is 23.2 Å². The van der Waals surface area contributed by atoms with Crippen molar-refractivity contribution in [3.63, 3.8) is 0 Å². The Hall–Kier alpha value is -2.82. The lowest BCUT2D eigenvalue weighted by atomic mass is 10.0. The predicted octanol–water partition coefficient (Wildman–Crippen LogP) is 4.37. The van der Waals surface area contributed by atoms with Crippen LogP contribution in [0.2, 0.25) is 0 Å². The Kier molecular flexibility index (Phi) is 8.05. The molecule has 0 aliphatic rings. The molecule has 28 heavy (non-hydrogen) atoms. The van der Waals surface area contributed by atoms with E-state index in [0.29, 0.717) is 12.1 Å². The third kappa shape index (κ3) is 6.12. The molecule has 150 valence electrons. The topological polar surface area (TPSA) is 61.4 Å². The molecule has 2 aromatic rings. The van der Waals surface area contributed by atoms with Crippen molar-refractivity contribution in [3.05, 3.63) is 60.2 Å². The minimum absolute atomic E-state index is 0.129. The third-order valence-electron chi connectivity index (χ3n) is 4.56. The summed E-state index contributed by atoms with van der Waals surface area (Å²) in [6.45, 7) is 10.1. The largest absolute Gasteiger partial charge is 0.372 e. The Morgan fingerprint density at radius 1 is 0.929 bits per heavy atom. The smallest absolute Gasteiger partial charge is 0.251 e. The average Bonchev–Trinajstić information content (AvgIpc) is 2.68. The second-order valence-electron chi connectivity index (χ2n) is 7.22. The second-order valence-corrected chi connectivity index (χ2v) is 7.22. The SMILES string of the molecule is CCN(CC)c1ccc(NC(=O)C(NC(=O)CC(C)C)c2ccccc2)cc1. The first-order chi connectivity index (χ1) is 13.4. The summed E-state index contributed by atoms with van der Waals surface area (Å²) in [5.74, 6) is -0.151. The van der Waals surface area contributed by atoms with Crippen molar-refractivity contribution in [1.29, 1.82) is 0 Å². The quantitative estimate of drug-likeness (QED) is 0.678. The number of nitrogens with one attached hydrogen (secondary N) is 2. The van der Waals surface area contributed by atoms with Crippen molar-refractivity contribution in [2.45, 2.75) is 40.2 Å². The molecule has 0 aliphatic heterocycles. The highest BCUT2D eigenvalue weighted by Gasteiger charge is 2.23. The molecule has 0 saturated heterocycles. The fourth-order valence-electron chi connectivity index (χ4n) is 3.10. The Morgan fingerprint density at radius 2 is 1.54 bits per heavy atom. The van der Waals surface area contributed by atoms with Crippen molar-refractivity contribution in [2.75, 3.05) is 23.3 Å². The van der Waals surface area contributed by atoms with Gasteiger partial charge in [0.25, 0.3) is 5.91 Å². The fraction of sp³-hybridized carbons (Fsp3) is 0.391. The number of anilines is 2. The molecule has 0 spiro atoms. The molecule has 0 fully saturated rings. The van der Waals surface area contributed by atoms with Crippen LogP contribution in [-0.4, -0.2) is 24.9 Å². The van der Waals surface area contributed by atoms with E-state index in [-0.39, 0.29) is 17.7 Å². The molecule has 5 nitrogen and oxygen atoms in total. The van der Waals surface area contributed by atoms with Gasteiger partial charge in [-0.25, -0.2) is 0 Å². The van der Waals surface area contributed by atoms with Crippen LogP contribution in [0.5, 0.6) is 0 Å². The summed E-state index contributed by atoms with van der Waals surface area (Å²) in [6, 6.07) is 16.4. The summed E-state index contributed by atoms with van der Waals surface area (Å²) in [4.78, 5) is 27.5. The first-order valence-electron chi connectivity index (χ1n) is 9.94. The lowest BCUT2D eigenvalue weighted by Gasteiger charge is -2.22. The van der Waals surface area contributed by atoms with Gasteiger partial charge in [-0.05, 0) is 49.6 Å². The molecular formula is C23H31N3O2. The monoisotopic (exact) mass is 381 g/mol. The number of benzene rings is 2. The van der Waals surface area contributed by atoms with Gasteiger partial charge in [0.1, 0.15) is 6.04 Å². The number of amides is 2. The van der Waals surface area contributed by atoms with Crippen LogP contribution < -0.4 is 15.5 Å². The molecule has 5 heteroatoms. The third-order valence-corrected chi connectivity index (χ3v) is 4.56. The average molecular weight is 382 g/mol. The minimum Gasteiger partial charge on any atom is -0.372 e. The predicted molar refractivity (Wildman–Crippen MR) is 115 cm³/mol. The number of hydrogen-bond donors (Lipinski definition) is 2. The highest BCUT2D eigenvalue weighted by molar-refractivity contribution is 5.98. The van der Waals surface area contributed by atoms with Gasteiger partial charge in [-0.3, -0.25) is 9.59 Å². The molecule has 2 amide bonds. The minimum atomic E-state index is -0.727. The Morgan fingerprint density at radius 3 is 2.07 bits per heavy atom. The Labute approximate surface area is 168 Å². The van der Waals surface area contributed by atoms with E-state index in [9.17, 15) is 9.59 Å². The van der Waals surface area contributed by atoms with Crippen molar-refractivity contribution in [1.82, 2.24) is 5.32 Å². The number of nitrogens with zero attached hydrogens (tertiary/aromatic N) is 1. The summed E-state index contributed by atoms with van der Waals surface area (Å²) in [5, 5.41) is 5.80. The molecule has 0 aliphatic carbocycles. The number of carbonyl (C=O) groups excluding carboxylic acids is 2. The van der Waals surface area contributed by atoms with E-state index in [1.807, 2.05) is 68.4 Å². The van der Waals surface area contributed by atoms with Crippen LogP contribution in [0.3, 0.4) is 0 Å². The molecule has 0 bridgehead atoms. The van der Waals surface area contributed by atoms with E-state index in [1.165, 1.54) is 0 Å². The van der Waals surface area contributed by atoms with Gasteiger partial charge < -0.3 is 15.5 Å². The van der Waals surface area contributed by atoms with Crippen LogP contribution in [-0.2, 0) is 9.59 Å². The van der Waals surface area contributed by atoms with Gasteiger partial charge >= 0.3 is 0 Å². The maximum atomic E-state index is 12.9. The number of carbonyl (C=O) groups is 2. The summed E-state index contributed by atoms with van der Waals surface area (Å²) >= 11 is 0. The van der Waals surface area contributed by atoms with Crippen LogP contribution >= 0.6 is 0 Å². The Balaban J connectivity index is 2.14. The molecule has 0 aromatic heterocycles. The lowest BCUT2D eigenvalue weighted by Crippen LogP contribution is -2.37. The van der Waals surface area contributed by atoms with Gasteiger partial charge in [0, 0.05) is 30.9 Å². The fourth-order valence-corrected chi connectivity index (χ4v) is 3.10. The molecule has 2 N–H and O–H groups in total. The van der Waals surface area contributed by atoms with E-state index in [4.69, 9.17) is 0 Å². The second kappa shape index (κ2) is 10.5. The van der Waals surface area contributed by atoms with Crippen LogP contribution in [0.25, 0.3) is 0 Å². The lowest BCUT2D eigenvalue weighted by molar-refractivity contribution is -0.127. The van der Waals surface area contributed by atoms with Gasteiger partial charge in [-0.1, -0.05) is 44.2 Å². The van der Waals surface area contributed by atoms with Crippen LogP contribution in [0.1, 0.15) is 45.7 Å². The Bertz CT molecular complexity index is 753. The van der Waals surface area contributed by atoms with Crippen LogP contribution in [0.15, 0.2) is 54.6 Å². The van der Waals surface area contributed by atoms with Gasteiger partial charge in [0.05, 0.1) is 0 Å². The molecule has 2 aromatic carbocycles. The van der Waals surface area contributed by atoms with E-state index < -0.39 is 6.04 Å². The van der Waals surface area contributed by atoms with E-state index in [0.717, 1.165) is 24.3 Å². The van der Waals surface area contributed by atoms with Crippen molar-refractivity contribution in [2.24, 2.45) is 5.92 Å². The summed E-state index contributed by atoms with van der Waals surface area (Å²) in [5.41, 5.74) is 2.59. The zero-order valence-electron chi connectivity index (χ0n) is 17.2. The molecule has 0 saturated carbocycles. The van der Waals surface area contributed by atoms with E-state index in [1.54, 1.807) is 0 Å². The highest BCUT2D eigenvalue weighted by atomic mass is 16.2. The summed E-state index contributed by atoms with van der Waals surface area (Å²) < 4.78 is 0. The highest BCUT2D eigenvalue weighted by Crippen LogP contribution is 2.20. The molecule has 2 rings (SSSR count). The standard InChI is InChI=1S/C23H31N3O2/c1-5-26(6-2)20-14-12-19(13-15-20)24-23(28)22(18-10-8-7-9-11-18)25-21(27)16-17(3)4/h7-15,17,22H,5-6,16H2,1-4H3,(H,24,28)(H,25,27). The molecule has 0 radical (unpaired) electrons. The number of rotatable bonds is 9. The van der Waals surface area contributed by atoms with Crippen molar-refractivity contribution in [3.8, 4) is 0 Å². The summed E-state index contributed by atoms with van der Waals surface area (Å²) in [7, 11) is 0. The zero-order chi connectivity index (χ0) is 20.5. The van der Waals surface area contributed by atoms with Gasteiger partial charge in [-0.15, -0.1) is 0 Å². The van der Waals surface area contributed by atoms with Crippen molar-refractivity contribution < 1.29 is 9.59 Å². The molecule has 0 heterocycles. The van der Waals surface area contributed by atoms with Crippen LogP contribution in [0, 0.1) is 5.92 Å². The molecule has 1 unspecified atom stereocenters. The van der Waals surface area contributed by atoms with Crippen LogP contribution in [0.4, 0.5) is 11.4 Å². The van der Waals surface area contributed by atoms with Gasteiger partial charge in [0.2, 0.25) is 5.91 Å². The molecule has 1 atom stereocenters. The maximum absolute atomic E-state index is 12.9.